The first-order chi connectivity index (χ1) is 14.6. The Hall–Kier alpha value is -3.43. The molecular weight excluding hydrogens is 419 g/mol. The lowest BCUT2D eigenvalue weighted by Gasteiger charge is -2.25. The SMILES string of the molecule is CN1CCc2c(ccnc2-c2cc(C(F)c3cc(F)cc(C(F)(F)F)c3)cnn2)C1=O. The lowest BCUT2D eigenvalue weighted by atomic mass is 9.95. The first-order valence-electron chi connectivity index (χ1n) is 9.23. The van der Waals surface area contributed by atoms with E-state index in [0.717, 1.165) is 6.20 Å². The monoisotopic (exact) mass is 434 g/mol. The van der Waals surface area contributed by atoms with Crippen LogP contribution in [0.4, 0.5) is 22.0 Å². The molecule has 4 rings (SSSR count). The van der Waals surface area contributed by atoms with Gasteiger partial charge in [-0.1, -0.05) is 0 Å². The van der Waals surface area contributed by atoms with Crippen LogP contribution in [0, 0.1) is 5.82 Å². The molecule has 5 nitrogen and oxygen atoms in total. The predicted octanol–water partition coefficient (Wildman–Crippen LogP) is 4.38. The minimum Gasteiger partial charge on any atom is -0.341 e. The molecule has 0 saturated carbocycles. The molecule has 0 N–H and O–H groups in total. The van der Waals surface area contributed by atoms with E-state index in [-0.39, 0.29) is 17.2 Å². The van der Waals surface area contributed by atoms with E-state index in [2.05, 4.69) is 15.2 Å². The van der Waals surface area contributed by atoms with Crippen LogP contribution in [0.1, 0.15) is 38.8 Å². The van der Waals surface area contributed by atoms with Crippen LogP contribution in [0.3, 0.4) is 0 Å². The van der Waals surface area contributed by atoms with Crippen LogP contribution in [0.25, 0.3) is 11.4 Å². The average Bonchev–Trinajstić information content (AvgIpc) is 2.74. The van der Waals surface area contributed by atoms with Crippen LogP contribution in [-0.4, -0.2) is 39.6 Å². The van der Waals surface area contributed by atoms with Crippen molar-refractivity contribution in [2.24, 2.45) is 0 Å². The van der Waals surface area contributed by atoms with E-state index in [1.54, 1.807) is 18.0 Å². The molecule has 31 heavy (non-hydrogen) atoms. The fraction of sp³-hybridized carbons (Fsp3) is 0.238. The van der Waals surface area contributed by atoms with E-state index in [0.29, 0.717) is 48.0 Å². The third kappa shape index (κ3) is 3.97. The highest BCUT2D eigenvalue weighted by molar-refractivity contribution is 5.98. The second-order valence-electron chi connectivity index (χ2n) is 7.17. The topological polar surface area (TPSA) is 59.0 Å². The van der Waals surface area contributed by atoms with Gasteiger partial charge in [-0.05, 0) is 47.9 Å². The number of hydrogen-bond donors (Lipinski definition) is 0. The molecule has 160 valence electrons. The van der Waals surface area contributed by atoms with Crippen molar-refractivity contribution >= 4 is 5.91 Å². The van der Waals surface area contributed by atoms with Gasteiger partial charge in [-0.3, -0.25) is 9.78 Å². The van der Waals surface area contributed by atoms with Gasteiger partial charge in [0.05, 0.1) is 17.5 Å². The second kappa shape index (κ2) is 7.68. The molecule has 1 aromatic carbocycles. The summed E-state index contributed by atoms with van der Waals surface area (Å²) in [5, 5.41) is 7.70. The minimum atomic E-state index is -4.81. The van der Waals surface area contributed by atoms with Gasteiger partial charge in [0.2, 0.25) is 0 Å². The lowest BCUT2D eigenvalue weighted by molar-refractivity contribution is -0.137. The minimum absolute atomic E-state index is 0.109. The Labute approximate surface area is 173 Å². The molecule has 3 aromatic rings. The highest BCUT2D eigenvalue weighted by Crippen LogP contribution is 2.35. The van der Waals surface area contributed by atoms with Gasteiger partial charge in [0.1, 0.15) is 11.5 Å². The van der Waals surface area contributed by atoms with Gasteiger partial charge in [0.25, 0.3) is 5.91 Å². The van der Waals surface area contributed by atoms with Gasteiger partial charge < -0.3 is 4.90 Å². The summed E-state index contributed by atoms with van der Waals surface area (Å²) in [7, 11) is 1.67. The number of carbonyl (C=O) groups excluding carboxylic acids is 1. The first-order valence-corrected chi connectivity index (χ1v) is 9.23. The van der Waals surface area contributed by atoms with Gasteiger partial charge in [-0.25, -0.2) is 8.78 Å². The van der Waals surface area contributed by atoms with E-state index in [9.17, 15) is 22.4 Å². The summed E-state index contributed by atoms with van der Waals surface area (Å²) in [6.45, 7) is 0.465. The van der Waals surface area contributed by atoms with Gasteiger partial charge in [0.15, 0.2) is 6.17 Å². The molecule has 1 amide bonds. The Balaban J connectivity index is 1.74. The molecular formula is C21H15F5N4O. The van der Waals surface area contributed by atoms with Crippen molar-refractivity contribution in [3.63, 3.8) is 0 Å². The van der Waals surface area contributed by atoms with E-state index in [1.165, 1.54) is 12.3 Å². The molecule has 1 atom stereocenters. The van der Waals surface area contributed by atoms with Crippen molar-refractivity contribution in [2.45, 2.75) is 18.8 Å². The summed E-state index contributed by atoms with van der Waals surface area (Å²) in [6.07, 6.45) is -3.90. The zero-order valence-electron chi connectivity index (χ0n) is 16.1. The first kappa shape index (κ1) is 20.8. The Morgan fingerprint density at radius 1 is 1.13 bits per heavy atom. The Morgan fingerprint density at radius 2 is 1.90 bits per heavy atom. The molecule has 0 radical (unpaired) electrons. The number of carbonyl (C=O) groups is 1. The molecule has 1 aliphatic rings. The zero-order chi connectivity index (χ0) is 22.3. The number of rotatable bonds is 3. The van der Waals surface area contributed by atoms with E-state index >= 15 is 4.39 Å². The molecule has 3 heterocycles. The number of aromatic nitrogens is 3. The van der Waals surface area contributed by atoms with Gasteiger partial charge in [-0.2, -0.15) is 18.3 Å². The number of likely N-dealkylation sites (N-methyl/N-ethyl adjacent to an activating group) is 1. The summed E-state index contributed by atoms with van der Waals surface area (Å²) < 4.78 is 67.7. The predicted molar refractivity (Wildman–Crippen MR) is 100 cm³/mol. The maximum absolute atomic E-state index is 15.1. The van der Waals surface area contributed by atoms with Crippen LogP contribution in [-0.2, 0) is 12.6 Å². The largest absolute Gasteiger partial charge is 0.416 e. The number of amides is 1. The standard InChI is InChI=1S/C21H15F5N4O/c1-30-5-3-15-16(20(30)31)2-4-27-19(15)17-8-12(10-28-29-17)18(23)11-6-13(21(24,25)26)9-14(22)7-11/h2,4,6-10,18H,3,5H2,1H3. The Bertz CT molecular complexity index is 1160. The van der Waals surface area contributed by atoms with E-state index in [1.807, 2.05) is 0 Å². The van der Waals surface area contributed by atoms with E-state index in [4.69, 9.17) is 0 Å². The number of benzene rings is 1. The third-order valence-corrected chi connectivity index (χ3v) is 5.08. The molecule has 0 bridgehead atoms. The van der Waals surface area contributed by atoms with Crippen LogP contribution in [0.5, 0.6) is 0 Å². The molecule has 1 aliphatic heterocycles. The van der Waals surface area contributed by atoms with Gasteiger partial charge in [0, 0.05) is 30.9 Å². The van der Waals surface area contributed by atoms with Crippen molar-refractivity contribution < 1.29 is 26.7 Å². The third-order valence-electron chi connectivity index (χ3n) is 5.08. The normalized spacial score (nSPS) is 15.0. The maximum Gasteiger partial charge on any atom is 0.416 e. The number of alkyl halides is 4. The molecule has 0 spiro atoms. The van der Waals surface area contributed by atoms with Crippen LogP contribution >= 0.6 is 0 Å². The molecule has 0 fully saturated rings. The second-order valence-corrected chi connectivity index (χ2v) is 7.17. The fourth-order valence-corrected chi connectivity index (χ4v) is 3.50. The van der Waals surface area contributed by atoms with Crippen molar-refractivity contribution in [1.29, 1.82) is 0 Å². The highest BCUT2D eigenvalue weighted by atomic mass is 19.4. The average molecular weight is 434 g/mol. The van der Waals surface area contributed by atoms with Gasteiger partial charge >= 0.3 is 6.18 Å². The number of fused-ring (bicyclic) bond motifs is 1. The molecule has 10 heteroatoms. The van der Waals surface area contributed by atoms with Gasteiger partial charge in [-0.15, -0.1) is 5.10 Å². The van der Waals surface area contributed by atoms with Crippen molar-refractivity contribution in [1.82, 2.24) is 20.1 Å². The lowest BCUT2D eigenvalue weighted by Crippen LogP contribution is -2.34. The van der Waals surface area contributed by atoms with Crippen molar-refractivity contribution in [3.05, 3.63) is 76.4 Å². The highest BCUT2D eigenvalue weighted by Gasteiger charge is 2.32. The zero-order valence-corrected chi connectivity index (χ0v) is 16.1. The summed E-state index contributed by atoms with van der Waals surface area (Å²) in [5.41, 5.74) is -0.292. The van der Waals surface area contributed by atoms with Crippen molar-refractivity contribution in [2.75, 3.05) is 13.6 Å². The summed E-state index contributed by atoms with van der Waals surface area (Å²) in [5.74, 6) is -1.38. The van der Waals surface area contributed by atoms with Crippen molar-refractivity contribution in [3.8, 4) is 11.4 Å². The molecule has 0 saturated heterocycles. The summed E-state index contributed by atoms with van der Waals surface area (Å²) >= 11 is 0. The molecule has 0 aliphatic carbocycles. The molecule has 1 unspecified atom stereocenters. The summed E-state index contributed by atoms with van der Waals surface area (Å²) in [4.78, 5) is 18.2. The fourth-order valence-electron chi connectivity index (χ4n) is 3.50. The quantitative estimate of drug-likeness (QED) is 0.574. The molecule has 2 aromatic heterocycles. The van der Waals surface area contributed by atoms with Crippen LogP contribution in [0.15, 0.2) is 42.7 Å². The number of nitrogens with zero attached hydrogens (tertiary/aromatic N) is 4. The maximum atomic E-state index is 15.1. The number of halogens is 5. The Kier molecular flexibility index (Phi) is 5.16. The van der Waals surface area contributed by atoms with Crippen LogP contribution < -0.4 is 0 Å². The number of hydrogen-bond acceptors (Lipinski definition) is 4. The smallest absolute Gasteiger partial charge is 0.341 e. The summed E-state index contributed by atoms with van der Waals surface area (Å²) in [6, 6.07) is 4.45. The Morgan fingerprint density at radius 3 is 2.65 bits per heavy atom. The van der Waals surface area contributed by atoms with E-state index < -0.39 is 29.3 Å². The number of pyridine rings is 1. The van der Waals surface area contributed by atoms with Crippen LogP contribution in [0.2, 0.25) is 0 Å².